The summed E-state index contributed by atoms with van der Waals surface area (Å²) in [5.41, 5.74) is 5.20. The zero-order valence-corrected chi connectivity index (χ0v) is 17.2. The van der Waals surface area contributed by atoms with Crippen molar-refractivity contribution in [3.05, 3.63) is 83.6 Å². The zero-order chi connectivity index (χ0) is 20.7. The highest BCUT2D eigenvalue weighted by molar-refractivity contribution is 6.07. The van der Waals surface area contributed by atoms with Crippen molar-refractivity contribution in [2.24, 2.45) is 7.05 Å². The molecule has 5 heteroatoms. The lowest BCUT2D eigenvalue weighted by Gasteiger charge is -2.23. The SMILES string of the molecule is Cc1nn(C)c2nc(-c3ccccc3)cc(C(=O)N(Cc3ccccc3)C3CC3)c12. The van der Waals surface area contributed by atoms with E-state index in [0.29, 0.717) is 18.2 Å². The van der Waals surface area contributed by atoms with Crippen molar-refractivity contribution in [3.63, 3.8) is 0 Å². The Labute approximate surface area is 176 Å². The van der Waals surface area contributed by atoms with E-state index >= 15 is 0 Å². The van der Waals surface area contributed by atoms with Crippen LogP contribution in [0.15, 0.2) is 66.7 Å². The minimum Gasteiger partial charge on any atom is -0.331 e. The molecule has 0 aliphatic heterocycles. The summed E-state index contributed by atoms with van der Waals surface area (Å²) in [5, 5.41) is 5.40. The molecule has 1 aliphatic rings. The summed E-state index contributed by atoms with van der Waals surface area (Å²) in [7, 11) is 1.88. The number of hydrogen-bond donors (Lipinski definition) is 0. The molecule has 0 saturated heterocycles. The number of amides is 1. The number of fused-ring (bicyclic) bond motifs is 1. The van der Waals surface area contributed by atoms with Crippen molar-refractivity contribution in [2.45, 2.75) is 32.4 Å². The molecule has 4 aromatic rings. The topological polar surface area (TPSA) is 51.0 Å². The van der Waals surface area contributed by atoms with Gasteiger partial charge in [-0.05, 0) is 31.4 Å². The largest absolute Gasteiger partial charge is 0.331 e. The Kier molecular flexibility index (Phi) is 4.58. The van der Waals surface area contributed by atoms with Crippen molar-refractivity contribution in [3.8, 4) is 11.3 Å². The van der Waals surface area contributed by atoms with Crippen LogP contribution in [0.25, 0.3) is 22.3 Å². The second kappa shape index (κ2) is 7.41. The minimum absolute atomic E-state index is 0.0574. The van der Waals surface area contributed by atoms with Crippen LogP contribution in [0.5, 0.6) is 0 Å². The average Bonchev–Trinajstić information content (AvgIpc) is 3.58. The molecule has 5 nitrogen and oxygen atoms in total. The number of pyridine rings is 1. The van der Waals surface area contributed by atoms with Crippen LogP contribution in [0.2, 0.25) is 0 Å². The first-order valence-corrected chi connectivity index (χ1v) is 10.4. The van der Waals surface area contributed by atoms with E-state index < -0.39 is 0 Å². The van der Waals surface area contributed by atoms with E-state index in [4.69, 9.17) is 4.98 Å². The van der Waals surface area contributed by atoms with E-state index in [1.165, 1.54) is 0 Å². The first-order chi connectivity index (χ1) is 14.6. The first-order valence-electron chi connectivity index (χ1n) is 10.4. The summed E-state index contributed by atoms with van der Waals surface area (Å²) in [5.74, 6) is 0.0574. The van der Waals surface area contributed by atoms with Crippen LogP contribution in [-0.4, -0.2) is 31.6 Å². The lowest BCUT2D eigenvalue weighted by atomic mass is 10.0. The molecule has 30 heavy (non-hydrogen) atoms. The molecule has 2 aromatic heterocycles. The summed E-state index contributed by atoms with van der Waals surface area (Å²) in [6, 6.07) is 22.5. The summed E-state index contributed by atoms with van der Waals surface area (Å²) >= 11 is 0. The van der Waals surface area contributed by atoms with Crippen LogP contribution in [0, 0.1) is 6.92 Å². The third-order valence-electron chi connectivity index (χ3n) is 5.71. The lowest BCUT2D eigenvalue weighted by molar-refractivity contribution is 0.0732. The molecular weight excluding hydrogens is 372 g/mol. The van der Waals surface area contributed by atoms with Gasteiger partial charge in [-0.15, -0.1) is 0 Å². The highest BCUT2D eigenvalue weighted by Crippen LogP contribution is 2.33. The second-order valence-electron chi connectivity index (χ2n) is 7.98. The van der Waals surface area contributed by atoms with Gasteiger partial charge in [0.1, 0.15) is 0 Å². The van der Waals surface area contributed by atoms with Crippen LogP contribution in [-0.2, 0) is 13.6 Å². The van der Waals surface area contributed by atoms with Crippen molar-refractivity contribution in [1.82, 2.24) is 19.7 Å². The molecule has 0 radical (unpaired) electrons. The van der Waals surface area contributed by atoms with Gasteiger partial charge >= 0.3 is 0 Å². The highest BCUT2D eigenvalue weighted by Gasteiger charge is 2.34. The van der Waals surface area contributed by atoms with E-state index in [0.717, 1.165) is 46.4 Å². The molecule has 150 valence electrons. The normalized spacial score (nSPS) is 13.5. The maximum Gasteiger partial charge on any atom is 0.255 e. The number of nitrogens with zero attached hydrogens (tertiary/aromatic N) is 4. The van der Waals surface area contributed by atoms with Gasteiger partial charge in [-0.25, -0.2) is 4.98 Å². The Balaban J connectivity index is 1.63. The van der Waals surface area contributed by atoms with Gasteiger partial charge in [0.25, 0.3) is 5.91 Å². The fourth-order valence-electron chi connectivity index (χ4n) is 4.06. The van der Waals surface area contributed by atoms with Gasteiger partial charge in [0, 0.05) is 25.2 Å². The molecular formula is C25H24N4O. The summed E-state index contributed by atoms with van der Waals surface area (Å²) in [6.07, 6.45) is 2.12. The maximum absolute atomic E-state index is 13.9. The van der Waals surface area contributed by atoms with Gasteiger partial charge in [-0.3, -0.25) is 9.48 Å². The van der Waals surface area contributed by atoms with E-state index in [1.54, 1.807) is 4.68 Å². The molecule has 1 amide bonds. The van der Waals surface area contributed by atoms with Crippen LogP contribution in [0.3, 0.4) is 0 Å². The van der Waals surface area contributed by atoms with Crippen molar-refractivity contribution in [2.75, 3.05) is 0 Å². The number of benzene rings is 2. The Morgan fingerprint density at radius 1 is 1.07 bits per heavy atom. The summed E-state index contributed by atoms with van der Waals surface area (Å²) < 4.78 is 1.77. The number of aromatic nitrogens is 3. The molecule has 2 aromatic carbocycles. The maximum atomic E-state index is 13.9. The van der Waals surface area contributed by atoms with Crippen LogP contribution in [0.4, 0.5) is 0 Å². The second-order valence-corrected chi connectivity index (χ2v) is 7.98. The third-order valence-corrected chi connectivity index (χ3v) is 5.71. The molecule has 0 atom stereocenters. The molecule has 0 unspecified atom stereocenters. The monoisotopic (exact) mass is 396 g/mol. The number of rotatable bonds is 5. The van der Waals surface area contributed by atoms with Gasteiger partial charge in [-0.2, -0.15) is 5.10 Å². The Morgan fingerprint density at radius 3 is 2.40 bits per heavy atom. The van der Waals surface area contributed by atoms with Gasteiger partial charge in [0.05, 0.1) is 22.3 Å². The molecule has 1 fully saturated rings. The van der Waals surface area contributed by atoms with Crippen molar-refractivity contribution < 1.29 is 4.79 Å². The van der Waals surface area contributed by atoms with Crippen molar-refractivity contribution in [1.29, 1.82) is 0 Å². The van der Waals surface area contributed by atoms with Crippen LogP contribution in [0.1, 0.15) is 34.5 Å². The van der Waals surface area contributed by atoms with E-state index in [2.05, 4.69) is 17.2 Å². The molecule has 1 aliphatic carbocycles. The van der Waals surface area contributed by atoms with E-state index in [9.17, 15) is 4.79 Å². The number of hydrogen-bond acceptors (Lipinski definition) is 3. The quantitative estimate of drug-likeness (QED) is 0.489. The van der Waals surface area contributed by atoms with Gasteiger partial charge in [-0.1, -0.05) is 60.7 Å². The van der Waals surface area contributed by atoms with E-state index in [-0.39, 0.29) is 5.91 Å². The number of aryl methyl sites for hydroxylation is 2. The molecule has 5 rings (SSSR count). The number of carbonyl (C=O) groups excluding carboxylic acids is 1. The van der Waals surface area contributed by atoms with E-state index in [1.807, 2.05) is 73.5 Å². The van der Waals surface area contributed by atoms with Crippen LogP contribution < -0.4 is 0 Å². The average molecular weight is 396 g/mol. The van der Waals surface area contributed by atoms with Gasteiger partial charge in [0.15, 0.2) is 5.65 Å². The van der Waals surface area contributed by atoms with Crippen LogP contribution >= 0.6 is 0 Å². The highest BCUT2D eigenvalue weighted by atomic mass is 16.2. The Bertz CT molecular complexity index is 1210. The predicted octanol–water partition coefficient (Wildman–Crippen LogP) is 4.75. The molecule has 2 heterocycles. The molecule has 1 saturated carbocycles. The first kappa shape index (κ1) is 18.6. The van der Waals surface area contributed by atoms with Gasteiger partial charge < -0.3 is 4.90 Å². The Hall–Kier alpha value is -3.47. The predicted molar refractivity (Wildman–Crippen MR) is 118 cm³/mol. The summed E-state index contributed by atoms with van der Waals surface area (Å²) in [6.45, 7) is 2.57. The standard InChI is InChI=1S/C25H24N4O/c1-17-23-21(25(30)29(20-13-14-20)16-18-9-5-3-6-10-18)15-22(19-11-7-4-8-12-19)26-24(23)28(2)27-17/h3-12,15,20H,13-14,16H2,1-2H3. The third kappa shape index (κ3) is 3.36. The van der Waals surface area contributed by atoms with Gasteiger partial charge in [0.2, 0.25) is 0 Å². The van der Waals surface area contributed by atoms with Crippen molar-refractivity contribution >= 4 is 16.9 Å². The Morgan fingerprint density at radius 2 is 1.73 bits per heavy atom. The smallest absolute Gasteiger partial charge is 0.255 e. The zero-order valence-electron chi connectivity index (χ0n) is 17.2. The molecule has 0 N–H and O–H groups in total. The lowest BCUT2D eigenvalue weighted by Crippen LogP contribution is -2.32. The summed E-state index contributed by atoms with van der Waals surface area (Å²) in [4.78, 5) is 20.7. The fraction of sp³-hybridized carbons (Fsp3) is 0.240. The number of carbonyl (C=O) groups is 1. The molecule has 0 spiro atoms. The minimum atomic E-state index is 0.0574. The fourth-order valence-corrected chi connectivity index (χ4v) is 4.06. The molecule has 0 bridgehead atoms.